The summed E-state index contributed by atoms with van der Waals surface area (Å²) >= 11 is 0. The van der Waals surface area contributed by atoms with E-state index in [1.54, 1.807) is 6.92 Å². The molecule has 1 aliphatic rings. The van der Waals surface area contributed by atoms with E-state index < -0.39 is 11.5 Å². The van der Waals surface area contributed by atoms with E-state index in [4.69, 9.17) is 10.8 Å². The fraction of sp³-hybridized carbons (Fsp3) is 0.900. The van der Waals surface area contributed by atoms with Crippen molar-refractivity contribution in [3.05, 3.63) is 0 Å². The van der Waals surface area contributed by atoms with Crippen LogP contribution in [0.25, 0.3) is 0 Å². The second-order valence-electron chi connectivity index (χ2n) is 4.54. The molecule has 0 bridgehead atoms. The molecule has 1 atom stereocenters. The first-order valence-electron chi connectivity index (χ1n) is 5.16. The van der Waals surface area contributed by atoms with Gasteiger partial charge in [0.1, 0.15) is 5.54 Å². The molecule has 1 rings (SSSR count). The summed E-state index contributed by atoms with van der Waals surface area (Å²) in [6.07, 6.45) is 4.29. The van der Waals surface area contributed by atoms with Crippen molar-refractivity contribution in [3.8, 4) is 0 Å². The monoisotopic (exact) mass is 200 g/mol. The lowest BCUT2D eigenvalue weighted by molar-refractivity contribution is -0.143. The van der Waals surface area contributed by atoms with E-state index in [2.05, 4.69) is 4.90 Å². The Kier molecular flexibility index (Phi) is 3.50. The largest absolute Gasteiger partial charge is 0.480 e. The van der Waals surface area contributed by atoms with Gasteiger partial charge in [0.05, 0.1) is 0 Å². The maximum Gasteiger partial charge on any atom is 0.323 e. The zero-order valence-electron chi connectivity index (χ0n) is 8.99. The molecular formula is C10H20N2O2. The first kappa shape index (κ1) is 11.5. The van der Waals surface area contributed by atoms with Crippen LogP contribution >= 0.6 is 0 Å². The average Bonchev–Trinajstić information content (AvgIpc) is 1.97. The van der Waals surface area contributed by atoms with Crippen LogP contribution in [0.15, 0.2) is 0 Å². The van der Waals surface area contributed by atoms with Gasteiger partial charge in [-0.05, 0) is 33.2 Å². The van der Waals surface area contributed by atoms with Crippen LogP contribution in [0, 0.1) is 0 Å². The zero-order valence-corrected chi connectivity index (χ0v) is 8.99. The molecule has 1 saturated carbocycles. The van der Waals surface area contributed by atoms with Crippen molar-refractivity contribution in [2.75, 3.05) is 13.6 Å². The first-order valence-corrected chi connectivity index (χ1v) is 5.16. The van der Waals surface area contributed by atoms with Gasteiger partial charge in [-0.15, -0.1) is 0 Å². The third kappa shape index (κ3) is 2.69. The van der Waals surface area contributed by atoms with Crippen LogP contribution in [-0.2, 0) is 4.79 Å². The van der Waals surface area contributed by atoms with Gasteiger partial charge in [0.15, 0.2) is 0 Å². The third-order valence-electron chi connectivity index (χ3n) is 3.17. The molecule has 1 fully saturated rings. The summed E-state index contributed by atoms with van der Waals surface area (Å²) in [7, 11) is 2.04. The van der Waals surface area contributed by atoms with Crippen molar-refractivity contribution in [1.29, 1.82) is 0 Å². The lowest BCUT2D eigenvalue weighted by Crippen LogP contribution is -2.48. The van der Waals surface area contributed by atoms with Crippen LogP contribution in [0.3, 0.4) is 0 Å². The molecule has 0 aromatic heterocycles. The highest BCUT2D eigenvalue weighted by molar-refractivity contribution is 5.77. The molecule has 82 valence electrons. The number of rotatable bonds is 5. The number of nitrogens with zero attached hydrogens (tertiary/aromatic N) is 1. The minimum atomic E-state index is -1.09. The van der Waals surface area contributed by atoms with Crippen LogP contribution in [0.5, 0.6) is 0 Å². The molecule has 1 aliphatic carbocycles. The highest BCUT2D eigenvalue weighted by Gasteiger charge is 2.29. The van der Waals surface area contributed by atoms with Crippen LogP contribution < -0.4 is 5.73 Å². The molecule has 3 N–H and O–H groups in total. The lowest BCUT2D eigenvalue weighted by atomic mass is 9.91. The third-order valence-corrected chi connectivity index (χ3v) is 3.17. The smallest absolute Gasteiger partial charge is 0.323 e. The van der Waals surface area contributed by atoms with Gasteiger partial charge in [0.2, 0.25) is 0 Å². The Morgan fingerprint density at radius 1 is 1.64 bits per heavy atom. The molecule has 1 unspecified atom stereocenters. The minimum absolute atomic E-state index is 0.509. The van der Waals surface area contributed by atoms with Crippen molar-refractivity contribution in [2.24, 2.45) is 5.73 Å². The van der Waals surface area contributed by atoms with Crippen LogP contribution in [-0.4, -0.2) is 41.1 Å². The predicted molar refractivity (Wildman–Crippen MR) is 55.1 cm³/mol. The Labute approximate surface area is 85.1 Å². The molecule has 4 nitrogen and oxygen atoms in total. The summed E-state index contributed by atoms with van der Waals surface area (Å²) in [6.45, 7) is 2.34. The molecule has 0 saturated heterocycles. The highest BCUT2D eigenvalue weighted by Crippen LogP contribution is 2.24. The summed E-state index contributed by atoms with van der Waals surface area (Å²) in [6, 6.07) is 0.652. The molecule has 0 amide bonds. The fourth-order valence-electron chi connectivity index (χ4n) is 1.53. The predicted octanol–water partition coefficient (Wildman–Crippen LogP) is 0.663. The number of nitrogens with two attached hydrogens (primary N) is 1. The van der Waals surface area contributed by atoms with E-state index in [0.29, 0.717) is 12.5 Å². The van der Waals surface area contributed by atoms with Gasteiger partial charge >= 0.3 is 5.97 Å². The number of hydrogen-bond donors (Lipinski definition) is 2. The molecule has 4 heteroatoms. The minimum Gasteiger partial charge on any atom is -0.480 e. The number of carbonyl (C=O) groups is 1. The Hall–Kier alpha value is -0.610. The molecule has 14 heavy (non-hydrogen) atoms. The van der Waals surface area contributed by atoms with E-state index in [1.165, 1.54) is 19.3 Å². The van der Waals surface area contributed by atoms with Crippen molar-refractivity contribution in [1.82, 2.24) is 4.90 Å². The summed E-state index contributed by atoms with van der Waals surface area (Å²) in [5, 5.41) is 8.82. The molecular weight excluding hydrogens is 180 g/mol. The Morgan fingerprint density at radius 2 is 2.21 bits per heavy atom. The highest BCUT2D eigenvalue weighted by atomic mass is 16.4. The van der Waals surface area contributed by atoms with Gasteiger partial charge in [-0.2, -0.15) is 0 Å². The Balaban J connectivity index is 2.28. The van der Waals surface area contributed by atoms with Crippen molar-refractivity contribution >= 4 is 5.97 Å². The van der Waals surface area contributed by atoms with Crippen LogP contribution in [0.2, 0.25) is 0 Å². The Bertz CT molecular complexity index is 212. The van der Waals surface area contributed by atoms with Crippen molar-refractivity contribution < 1.29 is 9.90 Å². The molecule has 0 aromatic carbocycles. The first-order chi connectivity index (χ1) is 6.43. The molecule has 0 heterocycles. The number of hydrogen-bond acceptors (Lipinski definition) is 3. The van der Waals surface area contributed by atoms with Crippen molar-refractivity contribution in [3.63, 3.8) is 0 Å². The van der Waals surface area contributed by atoms with Gasteiger partial charge in [-0.1, -0.05) is 6.42 Å². The van der Waals surface area contributed by atoms with Gasteiger partial charge in [-0.3, -0.25) is 4.79 Å². The summed E-state index contributed by atoms with van der Waals surface area (Å²) in [5.74, 6) is -0.917. The summed E-state index contributed by atoms with van der Waals surface area (Å²) in [4.78, 5) is 13.0. The molecule has 0 aromatic rings. The van der Waals surface area contributed by atoms with Gasteiger partial charge in [0.25, 0.3) is 0 Å². The molecule has 0 aliphatic heterocycles. The maximum absolute atomic E-state index is 10.7. The van der Waals surface area contributed by atoms with Gasteiger partial charge < -0.3 is 15.7 Å². The lowest BCUT2D eigenvalue weighted by Gasteiger charge is -2.36. The van der Waals surface area contributed by atoms with E-state index in [9.17, 15) is 4.79 Å². The van der Waals surface area contributed by atoms with Crippen molar-refractivity contribution in [2.45, 2.75) is 44.2 Å². The zero-order chi connectivity index (χ0) is 10.8. The SMILES string of the molecule is CN(CCC(C)(N)C(=O)O)C1CCC1. The Morgan fingerprint density at radius 3 is 2.57 bits per heavy atom. The number of carboxylic acids is 1. The maximum atomic E-state index is 10.7. The molecule has 0 radical (unpaired) electrons. The number of aliphatic carboxylic acids is 1. The quantitative estimate of drug-likeness (QED) is 0.684. The number of carboxylic acid groups (broad SMARTS) is 1. The normalized spacial score (nSPS) is 21.7. The van der Waals surface area contributed by atoms with E-state index >= 15 is 0 Å². The van der Waals surface area contributed by atoms with E-state index in [1.807, 2.05) is 7.05 Å². The second-order valence-corrected chi connectivity index (χ2v) is 4.54. The van der Waals surface area contributed by atoms with Crippen LogP contribution in [0.4, 0.5) is 0 Å². The standard InChI is InChI=1S/C10H20N2O2/c1-10(11,9(13)14)6-7-12(2)8-4-3-5-8/h8H,3-7,11H2,1-2H3,(H,13,14). The summed E-state index contributed by atoms with van der Waals surface area (Å²) in [5.41, 5.74) is 4.56. The fourth-order valence-corrected chi connectivity index (χ4v) is 1.53. The van der Waals surface area contributed by atoms with Gasteiger partial charge in [0, 0.05) is 12.6 Å². The second kappa shape index (κ2) is 4.28. The van der Waals surface area contributed by atoms with Crippen LogP contribution in [0.1, 0.15) is 32.6 Å². The van der Waals surface area contributed by atoms with Gasteiger partial charge in [-0.25, -0.2) is 0 Å². The average molecular weight is 200 g/mol. The summed E-state index contributed by atoms with van der Waals surface area (Å²) < 4.78 is 0. The van der Waals surface area contributed by atoms with E-state index in [-0.39, 0.29) is 0 Å². The topological polar surface area (TPSA) is 66.6 Å². The van der Waals surface area contributed by atoms with E-state index in [0.717, 1.165) is 6.54 Å². The molecule has 0 spiro atoms.